The predicted molar refractivity (Wildman–Crippen MR) is 137 cm³/mol. The zero-order valence-corrected chi connectivity index (χ0v) is 22.9. The average Bonchev–Trinajstić information content (AvgIpc) is 2.73. The molecular weight excluding hydrogens is 404 g/mol. The van der Waals surface area contributed by atoms with Gasteiger partial charge in [-0.3, -0.25) is 0 Å². The molecular formula is C31H52O2. The van der Waals surface area contributed by atoms with Crippen LogP contribution in [-0.2, 0) is 0 Å². The van der Waals surface area contributed by atoms with Crippen molar-refractivity contribution in [2.45, 2.75) is 119 Å². The Morgan fingerprint density at radius 1 is 0.848 bits per heavy atom. The summed E-state index contributed by atoms with van der Waals surface area (Å²) in [5.41, 5.74) is 3.17. The van der Waals surface area contributed by atoms with E-state index in [1.807, 2.05) is 5.57 Å². The monoisotopic (exact) mass is 456 g/mol. The highest BCUT2D eigenvalue weighted by Gasteiger charge is 2.68. The molecule has 0 bridgehead atoms. The molecule has 33 heavy (non-hydrogen) atoms. The molecule has 0 heterocycles. The second-order valence-electron chi connectivity index (χ2n) is 15.5. The van der Waals surface area contributed by atoms with E-state index in [-0.39, 0.29) is 29.0 Å². The molecule has 4 saturated carbocycles. The van der Waals surface area contributed by atoms with E-state index >= 15 is 0 Å². The highest BCUT2D eigenvalue weighted by molar-refractivity contribution is 5.33. The molecule has 0 aromatic heterocycles. The van der Waals surface area contributed by atoms with Gasteiger partial charge < -0.3 is 10.2 Å². The summed E-state index contributed by atoms with van der Waals surface area (Å²) in [4.78, 5) is 0. The molecule has 5 rings (SSSR count). The Balaban J connectivity index is 1.58. The van der Waals surface area contributed by atoms with Crippen molar-refractivity contribution in [2.75, 3.05) is 6.61 Å². The Hall–Kier alpha value is -0.340. The van der Waals surface area contributed by atoms with Crippen molar-refractivity contribution < 1.29 is 10.2 Å². The van der Waals surface area contributed by atoms with Gasteiger partial charge in [0, 0.05) is 5.41 Å². The van der Waals surface area contributed by atoms with Gasteiger partial charge in [-0.25, -0.2) is 0 Å². The lowest BCUT2D eigenvalue weighted by Crippen LogP contribution is -2.65. The number of fused-ring (bicyclic) bond motifs is 7. The van der Waals surface area contributed by atoms with Gasteiger partial charge in [0.2, 0.25) is 0 Å². The normalized spacial score (nSPS) is 57.8. The Kier molecular flexibility index (Phi) is 5.25. The fraction of sp³-hybridized carbons (Fsp3) is 0.935. The van der Waals surface area contributed by atoms with Crippen molar-refractivity contribution in [3.05, 3.63) is 11.6 Å². The minimum absolute atomic E-state index is 0.115. The number of aliphatic hydroxyl groups excluding tert-OH is 2. The van der Waals surface area contributed by atoms with Crippen LogP contribution in [0.2, 0.25) is 0 Å². The number of rotatable bonds is 1. The summed E-state index contributed by atoms with van der Waals surface area (Å²) in [5.74, 6) is 2.59. The smallest absolute Gasteiger partial charge is 0.0618 e. The molecule has 2 unspecified atom stereocenters. The summed E-state index contributed by atoms with van der Waals surface area (Å²) in [7, 11) is 0. The lowest BCUT2D eigenvalue weighted by atomic mass is 9.33. The lowest BCUT2D eigenvalue weighted by Gasteiger charge is -2.72. The van der Waals surface area contributed by atoms with Crippen LogP contribution in [0.15, 0.2) is 11.6 Å². The molecule has 0 radical (unpaired) electrons. The lowest BCUT2D eigenvalue weighted by molar-refractivity contribution is -0.216. The molecule has 0 spiro atoms. The van der Waals surface area contributed by atoms with Gasteiger partial charge in [-0.1, -0.05) is 67.0 Å². The zero-order chi connectivity index (χ0) is 24.2. The summed E-state index contributed by atoms with van der Waals surface area (Å²) in [6, 6.07) is 0. The Labute approximate surface area is 204 Å². The molecule has 4 fully saturated rings. The maximum absolute atomic E-state index is 10.9. The molecule has 5 aliphatic carbocycles. The molecule has 5 aliphatic rings. The molecule has 2 N–H and O–H groups in total. The van der Waals surface area contributed by atoms with E-state index in [0.29, 0.717) is 28.1 Å². The predicted octanol–water partition coefficient (Wildman–Crippen LogP) is 7.39. The molecule has 0 aromatic carbocycles. The van der Waals surface area contributed by atoms with Crippen molar-refractivity contribution in [1.29, 1.82) is 0 Å². The van der Waals surface area contributed by atoms with Gasteiger partial charge in [0.15, 0.2) is 0 Å². The van der Waals surface area contributed by atoms with Crippen LogP contribution in [0.25, 0.3) is 0 Å². The van der Waals surface area contributed by atoms with Gasteiger partial charge in [0.05, 0.1) is 12.7 Å². The van der Waals surface area contributed by atoms with Crippen molar-refractivity contribution in [3.8, 4) is 0 Å². The second-order valence-corrected chi connectivity index (χ2v) is 15.5. The van der Waals surface area contributed by atoms with Crippen LogP contribution in [0, 0.1) is 56.2 Å². The van der Waals surface area contributed by atoms with Gasteiger partial charge in [-0.05, 0) is 109 Å². The highest BCUT2D eigenvalue weighted by Crippen LogP contribution is 2.76. The third kappa shape index (κ3) is 2.92. The fourth-order valence-corrected chi connectivity index (χ4v) is 11.2. The van der Waals surface area contributed by atoms with Crippen molar-refractivity contribution in [2.24, 2.45) is 56.2 Å². The first-order valence-corrected chi connectivity index (χ1v) is 14.2. The van der Waals surface area contributed by atoms with Crippen LogP contribution in [0.1, 0.15) is 113 Å². The summed E-state index contributed by atoms with van der Waals surface area (Å²) in [6.07, 6.45) is 13.4. The van der Waals surface area contributed by atoms with Gasteiger partial charge in [-0.15, -0.1) is 0 Å². The van der Waals surface area contributed by atoms with Gasteiger partial charge >= 0.3 is 0 Å². The number of hydrogen-bond donors (Lipinski definition) is 2. The first kappa shape index (κ1) is 24.4. The van der Waals surface area contributed by atoms with Gasteiger partial charge in [0.1, 0.15) is 0 Å². The molecule has 2 heteroatoms. The van der Waals surface area contributed by atoms with Crippen LogP contribution >= 0.6 is 0 Å². The van der Waals surface area contributed by atoms with Crippen LogP contribution in [0.3, 0.4) is 0 Å². The van der Waals surface area contributed by atoms with Crippen LogP contribution in [0.5, 0.6) is 0 Å². The third-order valence-electron chi connectivity index (χ3n) is 13.7. The van der Waals surface area contributed by atoms with E-state index in [1.165, 1.54) is 38.5 Å². The molecule has 188 valence electrons. The van der Waals surface area contributed by atoms with Gasteiger partial charge in [0.25, 0.3) is 0 Å². The highest BCUT2D eigenvalue weighted by atomic mass is 16.3. The van der Waals surface area contributed by atoms with Crippen molar-refractivity contribution in [3.63, 3.8) is 0 Å². The minimum Gasteiger partial charge on any atom is -0.396 e. The second kappa shape index (κ2) is 7.12. The molecule has 2 nitrogen and oxygen atoms in total. The summed E-state index contributed by atoms with van der Waals surface area (Å²) in [6.45, 7) is 20.3. The van der Waals surface area contributed by atoms with E-state index in [4.69, 9.17) is 0 Å². The molecule has 0 saturated heterocycles. The third-order valence-corrected chi connectivity index (χ3v) is 13.7. The van der Waals surface area contributed by atoms with Crippen molar-refractivity contribution in [1.82, 2.24) is 0 Å². The largest absolute Gasteiger partial charge is 0.396 e. The molecule has 0 aromatic rings. The SMILES string of the molecule is CC1CC(C)(C)C[C@@H]2C3=CC[C@@H]4[C@@]5(C)CC[C@H](O)[C@@](C)(CO)C5CC[C@@]4(C)[C@]3(C)CC[C@@]12C. The van der Waals surface area contributed by atoms with E-state index in [1.54, 1.807) is 0 Å². The maximum Gasteiger partial charge on any atom is 0.0618 e. The van der Waals surface area contributed by atoms with E-state index in [0.717, 1.165) is 31.1 Å². The van der Waals surface area contributed by atoms with Gasteiger partial charge in [-0.2, -0.15) is 0 Å². The Morgan fingerprint density at radius 2 is 1.55 bits per heavy atom. The summed E-state index contributed by atoms with van der Waals surface area (Å²) < 4.78 is 0. The minimum atomic E-state index is -0.364. The first-order chi connectivity index (χ1) is 15.2. The van der Waals surface area contributed by atoms with E-state index in [2.05, 4.69) is 61.5 Å². The number of allylic oxidation sites excluding steroid dienone is 2. The topological polar surface area (TPSA) is 40.5 Å². The molecule has 0 amide bonds. The summed E-state index contributed by atoms with van der Waals surface area (Å²) in [5, 5.41) is 21.4. The van der Waals surface area contributed by atoms with Crippen LogP contribution < -0.4 is 0 Å². The zero-order valence-electron chi connectivity index (χ0n) is 22.9. The van der Waals surface area contributed by atoms with Crippen LogP contribution in [-0.4, -0.2) is 22.9 Å². The standard InChI is InChI=1S/C31H52O2/c1-20-17-26(2,3)18-22-21-9-10-24-28(5)13-12-25(33)29(6,19-32)23(28)11-14-31(24,8)30(21,7)16-15-27(20,22)4/h9,20,22-25,32-33H,10-19H2,1-8H3/t20?,22-,23?,24-,25+,27+,28+,29+,30-,31-/m1/s1. The van der Waals surface area contributed by atoms with E-state index in [9.17, 15) is 10.2 Å². The number of aliphatic hydroxyl groups is 2. The molecule has 0 aliphatic heterocycles. The van der Waals surface area contributed by atoms with Crippen molar-refractivity contribution >= 4 is 0 Å². The van der Waals surface area contributed by atoms with Crippen LogP contribution in [0.4, 0.5) is 0 Å². The number of hydrogen-bond acceptors (Lipinski definition) is 2. The maximum atomic E-state index is 10.9. The molecule has 10 atom stereocenters. The van der Waals surface area contributed by atoms with E-state index < -0.39 is 0 Å². The average molecular weight is 457 g/mol. The first-order valence-electron chi connectivity index (χ1n) is 14.2. The quantitative estimate of drug-likeness (QED) is 0.404. The summed E-state index contributed by atoms with van der Waals surface area (Å²) >= 11 is 0. The fourth-order valence-electron chi connectivity index (χ4n) is 11.2. The Bertz CT molecular complexity index is 844. The Morgan fingerprint density at radius 3 is 2.21 bits per heavy atom.